The molecule has 2 aromatic rings. The van der Waals surface area contributed by atoms with E-state index in [0.717, 1.165) is 33.5 Å². The van der Waals surface area contributed by atoms with Crippen LogP contribution in [0.3, 0.4) is 0 Å². The van der Waals surface area contributed by atoms with Crippen molar-refractivity contribution >= 4 is 33.8 Å². The summed E-state index contributed by atoms with van der Waals surface area (Å²) in [5.41, 5.74) is 2.13. The molecule has 0 unspecified atom stereocenters. The van der Waals surface area contributed by atoms with Gasteiger partial charge in [0.2, 0.25) is 10.2 Å². The second kappa shape index (κ2) is 9.91. The van der Waals surface area contributed by atoms with Gasteiger partial charge in [-0.2, -0.15) is 0 Å². The molecule has 0 saturated heterocycles. The third-order valence-electron chi connectivity index (χ3n) is 3.19. The van der Waals surface area contributed by atoms with Gasteiger partial charge in [0.1, 0.15) is 5.75 Å². The fourth-order valence-corrected chi connectivity index (χ4v) is 3.05. The van der Waals surface area contributed by atoms with Crippen LogP contribution < -0.4 is 4.74 Å². The summed E-state index contributed by atoms with van der Waals surface area (Å²) in [5, 5.41) is -0.113. The highest BCUT2D eigenvalue weighted by atomic mass is 32.2. The van der Waals surface area contributed by atoms with Gasteiger partial charge in [-0.25, -0.2) is 0 Å². The minimum atomic E-state index is -0.0674. The summed E-state index contributed by atoms with van der Waals surface area (Å²) >= 11 is 2.34. The Morgan fingerprint density at radius 2 is 1.44 bits per heavy atom. The van der Waals surface area contributed by atoms with E-state index in [9.17, 15) is 9.59 Å². The first-order valence-electron chi connectivity index (χ1n) is 7.59. The molecule has 0 atom stereocenters. The summed E-state index contributed by atoms with van der Waals surface area (Å²) in [6.45, 7) is 7.36. The smallest absolute Gasteiger partial charge is 0.216 e. The Morgan fingerprint density at radius 1 is 0.880 bits per heavy atom. The summed E-state index contributed by atoms with van der Waals surface area (Å²) in [7, 11) is 0. The molecule has 2 aromatic carbocycles. The van der Waals surface area contributed by atoms with Crippen molar-refractivity contribution in [3.05, 3.63) is 73.8 Å². The lowest BCUT2D eigenvalue weighted by Crippen LogP contribution is -2.01. The number of benzene rings is 2. The van der Waals surface area contributed by atoms with Crippen molar-refractivity contribution in [1.82, 2.24) is 0 Å². The molecule has 3 nitrogen and oxygen atoms in total. The first-order chi connectivity index (χ1) is 12.1. The standard InChI is InChI=1S/C20H18O3S2/c1-3-19(21)24-14-13-23-17-9-5-15(6-10-17)16-7-11-18(12-8-16)25-20(22)4-2/h3-12H,1-2,13-14H2. The highest BCUT2D eigenvalue weighted by Gasteiger charge is 2.03. The van der Waals surface area contributed by atoms with E-state index < -0.39 is 0 Å². The van der Waals surface area contributed by atoms with E-state index in [0.29, 0.717) is 12.4 Å². The molecular weight excluding hydrogens is 352 g/mol. The third kappa shape index (κ3) is 6.29. The maximum Gasteiger partial charge on any atom is 0.216 e. The van der Waals surface area contributed by atoms with Crippen LogP contribution in [0.5, 0.6) is 5.75 Å². The van der Waals surface area contributed by atoms with Crippen molar-refractivity contribution in [2.24, 2.45) is 0 Å². The van der Waals surface area contributed by atoms with Gasteiger partial charge in [-0.15, -0.1) is 0 Å². The number of thioether (sulfide) groups is 2. The van der Waals surface area contributed by atoms with Gasteiger partial charge in [-0.05, 0) is 59.3 Å². The van der Waals surface area contributed by atoms with Gasteiger partial charge in [0.15, 0.2) is 0 Å². The van der Waals surface area contributed by atoms with Crippen molar-refractivity contribution in [3.8, 4) is 16.9 Å². The number of hydrogen-bond donors (Lipinski definition) is 0. The number of rotatable bonds is 8. The number of ether oxygens (including phenoxy) is 1. The van der Waals surface area contributed by atoms with E-state index >= 15 is 0 Å². The molecule has 0 amide bonds. The zero-order chi connectivity index (χ0) is 18.1. The molecule has 2 rings (SSSR count). The summed E-state index contributed by atoms with van der Waals surface area (Å²) < 4.78 is 5.61. The minimum Gasteiger partial charge on any atom is -0.493 e. The Hall–Kier alpha value is -2.24. The fraction of sp³-hybridized carbons (Fsp3) is 0.100. The average molecular weight is 370 g/mol. The van der Waals surface area contributed by atoms with E-state index in [1.54, 1.807) is 0 Å². The van der Waals surface area contributed by atoms with E-state index in [2.05, 4.69) is 13.2 Å². The monoisotopic (exact) mass is 370 g/mol. The van der Waals surface area contributed by atoms with Crippen LogP contribution in [0.1, 0.15) is 0 Å². The minimum absolute atomic E-state index is 0.0460. The molecule has 128 valence electrons. The topological polar surface area (TPSA) is 43.4 Å². The molecule has 0 fully saturated rings. The van der Waals surface area contributed by atoms with Gasteiger partial charge >= 0.3 is 0 Å². The van der Waals surface area contributed by atoms with Gasteiger partial charge in [-0.1, -0.05) is 49.2 Å². The SMILES string of the molecule is C=CC(=O)SCCOc1ccc(-c2ccc(SC(=O)C=C)cc2)cc1. The predicted molar refractivity (Wildman–Crippen MR) is 106 cm³/mol. The summed E-state index contributed by atoms with van der Waals surface area (Å²) in [6, 6.07) is 15.6. The van der Waals surface area contributed by atoms with Crippen LogP contribution in [0.15, 0.2) is 78.7 Å². The molecule has 0 N–H and O–H groups in total. The molecule has 0 aliphatic heterocycles. The van der Waals surface area contributed by atoms with E-state index in [-0.39, 0.29) is 10.2 Å². The Morgan fingerprint density at radius 3 is 2.00 bits per heavy atom. The average Bonchev–Trinajstić information content (AvgIpc) is 2.66. The van der Waals surface area contributed by atoms with Crippen molar-refractivity contribution in [3.63, 3.8) is 0 Å². The predicted octanol–water partition coefficient (Wildman–Crippen LogP) is 4.98. The van der Waals surface area contributed by atoms with Crippen LogP contribution >= 0.6 is 23.5 Å². The second-order valence-corrected chi connectivity index (χ2v) is 7.07. The Labute approximate surface area is 156 Å². The van der Waals surface area contributed by atoms with Gasteiger partial charge in [0, 0.05) is 10.6 Å². The molecule has 0 saturated carbocycles. The van der Waals surface area contributed by atoms with Gasteiger partial charge < -0.3 is 4.74 Å². The van der Waals surface area contributed by atoms with Crippen LogP contribution in [-0.2, 0) is 9.59 Å². The Bertz CT molecular complexity index is 750. The molecule has 5 heteroatoms. The lowest BCUT2D eigenvalue weighted by atomic mass is 10.1. The van der Waals surface area contributed by atoms with Crippen LogP contribution in [-0.4, -0.2) is 22.6 Å². The van der Waals surface area contributed by atoms with Gasteiger partial charge in [0.25, 0.3) is 0 Å². The van der Waals surface area contributed by atoms with Crippen LogP contribution in [0.2, 0.25) is 0 Å². The first kappa shape index (κ1) is 19.1. The zero-order valence-corrected chi connectivity index (χ0v) is 15.3. The Kier molecular flexibility index (Phi) is 7.57. The van der Waals surface area contributed by atoms with E-state index in [1.807, 2.05) is 48.5 Å². The fourth-order valence-electron chi connectivity index (χ4n) is 1.98. The third-order valence-corrected chi connectivity index (χ3v) is 4.89. The summed E-state index contributed by atoms with van der Waals surface area (Å²) in [6.07, 6.45) is 2.61. The molecular formula is C20H18O3S2. The van der Waals surface area contributed by atoms with Crippen LogP contribution in [0, 0.1) is 0 Å². The normalized spacial score (nSPS) is 10.1. The molecule has 0 spiro atoms. The second-order valence-electron chi connectivity index (χ2n) is 4.89. The first-order valence-corrected chi connectivity index (χ1v) is 9.39. The van der Waals surface area contributed by atoms with E-state index in [1.165, 1.54) is 23.9 Å². The highest BCUT2D eigenvalue weighted by molar-refractivity contribution is 8.14. The van der Waals surface area contributed by atoms with Crippen LogP contribution in [0.25, 0.3) is 11.1 Å². The maximum absolute atomic E-state index is 11.3. The zero-order valence-electron chi connectivity index (χ0n) is 13.6. The number of carbonyl (C=O) groups is 2. The van der Waals surface area contributed by atoms with Crippen molar-refractivity contribution in [1.29, 1.82) is 0 Å². The molecule has 0 bridgehead atoms. The van der Waals surface area contributed by atoms with Gasteiger partial charge in [0.05, 0.1) is 6.61 Å². The molecule has 0 radical (unpaired) electrons. The number of hydrogen-bond acceptors (Lipinski definition) is 5. The molecule has 0 aliphatic carbocycles. The van der Waals surface area contributed by atoms with E-state index in [4.69, 9.17) is 4.74 Å². The molecule has 0 aliphatic rings. The summed E-state index contributed by atoms with van der Waals surface area (Å²) in [5.74, 6) is 1.36. The largest absolute Gasteiger partial charge is 0.493 e. The summed E-state index contributed by atoms with van der Waals surface area (Å²) in [4.78, 5) is 23.3. The lowest BCUT2D eigenvalue weighted by Gasteiger charge is -2.07. The quantitative estimate of drug-likeness (QED) is 0.372. The van der Waals surface area contributed by atoms with Gasteiger partial charge in [-0.3, -0.25) is 9.59 Å². The molecule has 0 heterocycles. The Balaban J connectivity index is 1.90. The lowest BCUT2D eigenvalue weighted by molar-refractivity contribution is -0.107. The van der Waals surface area contributed by atoms with Crippen molar-refractivity contribution in [2.45, 2.75) is 4.90 Å². The maximum atomic E-state index is 11.3. The molecule has 25 heavy (non-hydrogen) atoms. The molecule has 0 aromatic heterocycles. The van der Waals surface area contributed by atoms with Crippen molar-refractivity contribution in [2.75, 3.05) is 12.4 Å². The number of carbonyl (C=O) groups excluding carboxylic acids is 2. The van der Waals surface area contributed by atoms with Crippen molar-refractivity contribution < 1.29 is 14.3 Å². The highest BCUT2D eigenvalue weighted by Crippen LogP contribution is 2.26. The van der Waals surface area contributed by atoms with Crippen LogP contribution in [0.4, 0.5) is 0 Å².